The van der Waals surface area contributed by atoms with Crippen LogP contribution in [-0.2, 0) is 4.74 Å². The lowest BCUT2D eigenvalue weighted by Crippen LogP contribution is -2.54. The van der Waals surface area contributed by atoms with Crippen LogP contribution in [0.3, 0.4) is 0 Å². The molecule has 28 heavy (non-hydrogen) atoms. The Kier molecular flexibility index (Phi) is 5.13. The lowest BCUT2D eigenvalue weighted by atomic mass is 9.92. The molecule has 0 bridgehead atoms. The van der Waals surface area contributed by atoms with Crippen LogP contribution in [0.5, 0.6) is 0 Å². The summed E-state index contributed by atoms with van der Waals surface area (Å²) in [6, 6.07) is 16.6. The molecule has 1 N–H and O–H groups in total. The Balaban J connectivity index is 1.45. The Morgan fingerprint density at radius 2 is 1.75 bits per heavy atom. The van der Waals surface area contributed by atoms with Crippen LogP contribution in [0.25, 0.3) is 11.1 Å². The number of likely N-dealkylation sites (tertiary alicyclic amines) is 1. The monoisotopic (exact) mass is 380 g/mol. The Hall–Kier alpha value is -2.37. The van der Waals surface area contributed by atoms with E-state index in [2.05, 4.69) is 24.3 Å². The number of ether oxygens (including phenoxy) is 1. The summed E-state index contributed by atoms with van der Waals surface area (Å²) in [6.45, 7) is 1.81. The molecule has 4 rings (SSSR count). The zero-order chi connectivity index (χ0) is 19.7. The summed E-state index contributed by atoms with van der Waals surface area (Å²) in [5, 5.41) is 10.8. The number of fused-ring (bicyclic) bond motifs is 3. The first-order valence-corrected chi connectivity index (χ1v) is 9.94. The van der Waals surface area contributed by atoms with Crippen LogP contribution in [0.2, 0.25) is 0 Å². The van der Waals surface area contributed by atoms with E-state index in [-0.39, 0.29) is 12.0 Å². The molecule has 0 saturated carbocycles. The van der Waals surface area contributed by atoms with Gasteiger partial charge in [-0.15, -0.1) is 0 Å². The number of carbonyl (C=O) groups is 1. The van der Waals surface area contributed by atoms with E-state index in [0.717, 1.165) is 6.42 Å². The van der Waals surface area contributed by atoms with Gasteiger partial charge in [0.2, 0.25) is 0 Å². The molecule has 1 aliphatic carbocycles. The maximum Gasteiger partial charge on any atom is 0.409 e. The number of rotatable bonds is 4. The zero-order valence-corrected chi connectivity index (χ0v) is 16.6. The predicted molar refractivity (Wildman–Crippen MR) is 109 cm³/mol. The molecule has 1 unspecified atom stereocenters. The van der Waals surface area contributed by atoms with Crippen molar-refractivity contribution in [3.63, 3.8) is 0 Å². The Labute approximate surface area is 166 Å². The van der Waals surface area contributed by atoms with E-state index in [0.29, 0.717) is 32.7 Å². The second-order valence-corrected chi connectivity index (χ2v) is 8.29. The van der Waals surface area contributed by atoms with Gasteiger partial charge in [-0.25, -0.2) is 4.79 Å². The number of benzene rings is 2. The maximum absolute atomic E-state index is 12.7. The number of carbonyl (C=O) groups excluding carboxylic acids is 1. The molecule has 1 aliphatic heterocycles. The van der Waals surface area contributed by atoms with Crippen LogP contribution >= 0.6 is 0 Å². The molecule has 0 radical (unpaired) electrons. The second kappa shape index (κ2) is 7.57. The first kappa shape index (κ1) is 19.0. The Bertz CT molecular complexity index is 821. The topological polar surface area (TPSA) is 53.0 Å². The largest absolute Gasteiger partial charge is 0.448 e. The Morgan fingerprint density at radius 1 is 1.14 bits per heavy atom. The minimum atomic E-state index is -0.868. The van der Waals surface area contributed by atoms with Crippen LogP contribution in [0.1, 0.15) is 29.9 Å². The molecule has 1 fully saturated rings. The third-order valence-corrected chi connectivity index (χ3v) is 5.76. The third-order valence-electron chi connectivity index (χ3n) is 5.76. The summed E-state index contributed by atoms with van der Waals surface area (Å²) in [7, 11) is 3.87. The van der Waals surface area contributed by atoms with Crippen molar-refractivity contribution in [2.75, 3.05) is 40.3 Å². The van der Waals surface area contributed by atoms with E-state index in [9.17, 15) is 9.90 Å². The molecular weight excluding hydrogens is 352 g/mol. The van der Waals surface area contributed by atoms with Crippen molar-refractivity contribution in [3.05, 3.63) is 59.7 Å². The highest BCUT2D eigenvalue weighted by molar-refractivity contribution is 5.79. The minimum absolute atomic E-state index is 0.0572. The number of β-amino-alcohol motifs (C(OH)–C–C–N with tert-alkyl or cyclic N) is 1. The standard InChI is InChI=1S/C23H28N2O3/c1-24(2)15-23(27)12-7-13-25(16-23)22(26)28-14-21-19-10-5-3-8-17(19)18-9-4-6-11-20(18)21/h3-6,8-11,21,27H,7,12-16H2,1-2H3. The Morgan fingerprint density at radius 3 is 2.36 bits per heavy atom. The van der Waals surface area contributed by atoms with Crippen molar-refractivity contribution in [2.24, 2.45) is 0 Å². The van der Waals surface area contributed by atoms with Gasteiger partial charge in [-0.3, -0.25) is 0 Å². The normalized spacial score (nSPS) is 21.5. The SMILES string of the molecule is CN(C)CC1(O)CCCN(C(=O)OCC2c3ccccc3-c3ccccc32)C1. The fraction of sp³-hybridized carbons (Fsp3) is 0.435. The molecule has 5 heteroatoms. The molecule has 5 nitrogen and oxygen atoms in total. The predicted octanol–water partition coefficient (Wildman–Crippen LogP) is 3.32. The van der Waals surface area contributed by atoms with Crippen molar-refractivity contribution in [1.82, 2.24) is 9.80 Å². The van der Waals surface area contributed by atoms with Crippen LogP contribution < -0.4 is 0 Å². The van der Waals surface area contributed by atoms with Gasteiger partial charge in [0.05, 0.1) is 12.1 Å². The van der Waals surface area contributed by atoms with Crippen LogP contribution in [0.15, 0.2) is 48.5 Å². The molecule has 1 saturated heterocycles. The lowest BCUT2D eigenvalue weighted by Gasteiger charge is -2.40. The number of likely N-dealkylation sites (N-methyl/N-ethyl adjacent to an activating group) is 1. The average Bonchev–Trinajstić information content (AvgIpc) is 2.99. The van der Waals surface area contributed by atoms with E-state index in [1.165, 1.54) is 22.3 Å². The number of amides is 1. The molecule has 2 aliphatic rings. The third kappa shape index (κ3) is 3.64. The second-order valence-electron chi connectivity index (χ2n) is 8.29. The molecule has 1 heterocycles. The molecule has 2 aromatic rings. The van der Waals surface area contributed by atoms with E-state index < -0.39 is 5.60 Å². The number of aliphatic hydroxyl groups is 1. The molecule has 2 aromatic carbocycles. The zero-order valence-electron chi connectivity index (χ0n) is 16.6. The molecular formula is C23H28N2O3. The molecule has 0 spiro atoms. The van der Waals surface area contributed by atoms with Gasteiger partial charge >= 0.3 is 6.09 Å². The number of hydrogen-bond donors (Lipinski definition) is 1. The lowest BCUT2D eigenvalue weighted by molar-refractivity contribution is -0.0438. The highest BCUT2D eigenvalue weighted by Crippen LogP contribution is 2.44. The number of piperidine rings is 1. The van der Waals surface area contributed by atoms with Crippen molar-refractivity contribution < 1.29 is 14.6 Å². The molecule has 1 atom stereocenters. The van der Waals surface area contributed by atoms with Crippen molar-refractivity contribution in [3.8, 4) is 11.1 Å². The van der Waals surface area contributed by atoms with Crippen molar-refractivity contribution in [1.29, 1.82) is 0 Å². The summed E-state index contributed by atoms with van der Waals surface area (Å²) in [4.78, 5) is 16.3. The number of nitrogens with zero attached hydrogens (tertiary/aromatic N) is 2. The average molecular weight is 380 g/mol. The van der Waals surface area contributed by atoms with Crippen molar-refractivity contribution in [2.45, 2.75) is 24.4 Å². The van der Waals surface area contributed by atoms with Gasteiger partial charge < -0.3 is 19.6 Å². The summed E-state index contributed by atoms with van der Waals surface area (Å²) in [5.74, 6) is 0.0572. The van der Waals surface area contributed by atoms with Crippen LogP contribution in [-0.4, -0.2) is 66.9 Å². The highest BCUT2D eigenvalue weighted by Gasteiger charge is 2.37. The smallest absolute Gasteiger partial charge is 0.409 e. The van der Waals surface area contributed by atoms with Crippen molar-refractivity contribution >= 4 is 6.09 Å². The van der Waals surface area contributed by atoms with Gasteiger partial charge in [0.25, 0.3) is 0 Å². The van der Waals surface area contributed by atoms with E-state index in [1.807, 2.05) is 43.3 Å². The summed E-state index contributed by atoms with van der Waals surface area (Å²) in [5.41, 5.74) is 3.99. The fourth-order valence-corrected chi connectivity index (χ4v) is 4.67. The number of hydrogen-bond acceptors (Lipinski definition) is 4. The summed E-state index contributed by atoms with van der Waals surface area (Å²) >= 11 is 0. The first-order valence-electron chi connectivity index (χ1n) is 9.94. The van der Waals surface area contributed by atoms with Gasteiger partial charge in [0.1, 0.15) is 6.61 Å². The van der Waals surface area contributed by atoms with Crippen LogP contribution in [0.4, 0.5) is 4.79 Å². The molecule has 148 valence electrons. The van der Waals surface area contributed by atoms with Crippen LogP contribution in [0, 0.1) is 0 Å². The van der Waals surface area contributed by atoms with E-state index in [1.54, 1.807) is 4.90 Å². The molecule has 1 amide bonds. The summed E-state index contributed by atoms with van der Waals surface area (Å²) < 4.78 is 5.74. The van der Waals surface area contributed by atoms with Gasteiger partial charge in [-0.2, -0.15) is 0 Å². The van der Waals surface area contributed by atoms with Gasteiger partial charge in [0, 0.05) is 19.0 Å². The van der Waals surface area contributed by atoms with E-state index >= 15 is 0 Å². The summed E-state index contributed by atoms with van der Waals surface area (Å²) in [6.07, 6.45) is 1.16. The van der Waals surface area contributed by atoms with Gasteiger partial charge in [0.15, 0.2) is 0 Å². The van der Waals surface area contributed by atoms with Gasteiger partial charge in [-0.1, -0.05) is 48.5 Å². The maximum atomic E-state index is 12.7. The minimum Gasteiger partial charge on any atom is -0.448 e. The van der Waals surface area contributed by atoms with Gasteiger partial charge in [-0.05, 0) is 49.2 Å². The highest BCUT2D eigenvalue weighted by atomic mass is 16.6. The first-order chi connectivity index (χ1) is 13.5. The quantitative estimate of drug-likeness (QED) is 0.884. The fourth-order valence-electron chi connectivity index (χ4n) is 4.67. The van der Waals surface area contributed by atoms with E-state index in [4.69, 9.17) is 4.74 Å². The molecule has 0 aromatic heterocycles.